The number of benzene rings is 1. The van der Waals surface area contributed by atoms with Crippen LogP contribution in [0.2, 0.25) is 0 Å². The minimum Gasteiger partial charge on any atom is -0.389 e. The first-order chi connectivity index (χ1) is 9.40. The molecule has 0 fully saturated rings. The Morgan fingerprint density at radius 3 is 2.55 bits per heavy atom. The molecule has 106 valence electrons. The highest BCUT2D eigenvalue weighted by Crippen LogP contribution is 2.24. The summed E-state index contributed by atoms with van der Waals surface area (Å²) in [5, 5.41) is 7.65. The van der Waals surface area contributed by atoms with Crippen molar-refractivity contribution >= 4 is 23.0 Å². The van der Waals surface area contributed by atoms with Crippen LogP contribution in [0.1, 0.15) is 29.8 Å². The number of aryl methyl sites for hydroxylation is 2. The van der Waals surface area contributed by atoms with E-state index in [0.29, 0.717) is 4.99 Å². The van der Waals surface area contributed by atoms with Gasteiger partial charge in [0.25, 0.3) is 0 Å². The molecule has 1 aromatic carbocycles. The van der Waals surface area contributed by atoms with Gasteiger partial charge in [0.1, 0.15) is 16.6 Å². The average Bonchev–Trinajstić information content (AvgIpc) is 2.64. The third-order valence-electron chi connectivity index (χ3n) is 3.19. The highest BCUT2D eigenvalue weighted by atomic mass is 32.1. The normalized spacial score (nSPS) is 12.2. The van der Waals surface area contributed by atoms with Gasteiger partial charge in [0.05, 0.1) is 11.3 Å². The first kappa shape index (κ1) is 14.5. The first-order valence-electron chi connectivity index (χ1n) is 6.25. The van der Waals surface area contributed by atoms with Crippen LogP contribution >= 0.6 is 12.2 Å². The molecule has 0 aliphatic heterocycles. The van der Waals surface area contributed by atoms with E-state index in [1.54, 1.807) is 16.8 Å². The number of thiocarbonyl (C=S) groups is 1. The van der Waals surface area contributed by atoms with Crippen LogP contribution in [0.5, 0.6) is 0 Å². The van der Waals surface area contributed by atoms with Crippen molar-refractivity contribution in [3.63, 3.8) is 0 Å². The molecule has 1 atom stereocenters. The van der Waals surface area contributed by atoms with Gasteiger partial charge >= 0.3 is 0 Å². The number of aromatic nitrogens is 2. The number of nitrogens with one attached hydrogen (secondary N) is 1. The van der Waals surface area contributed by atoms with Crippen LogP contribution in [0.3, 0.4) is 0 Å². The summed E-state index contributed by atoms with van der Waals surface area (Å²) >= 11 is 5.07. The van der Waals surface area contributed by atoms with E-state index in [1.165, 1.54) is 12.1 Å². The lowest BCUT2D eigenvalue weighted by Crippen LogP contribution is -2.16. The van der Waals surface area contributed by atoms with E-state index < -0.39 is 0 Å². The second-order valence-corrected chi connectivity index (χ2v) is 5.15. The zero-order chi connectivity index (χ0) is 14.9. The van der Waals surface area contributed by atoms with Crippen molar-refractivity contribution in [1.29, 1.82) is 0 Å². The van der Waals surface area contributed by atoms with Gasteiger partial charge in [0, 0.05) is 13.1 Å². The van der Waals surface area contributed by atoms with E-state index in [0.717, 1.165) is 22.6 Å². The van der Waals surface area contributed by atoms with Gasteiger partial charge in [-0.2, -0.15) is 5.10 Å². The molecule has 3 N–H and O–H groups in total. The molecule has 0 amide bonds. The van der Waals surface area contributed by atoms with E-state index >= 15 is 0 Å². The Morgan fingerprint density at radius 2 is 2.00 bits per heavy atom. The Bertz CT molecular complexity index is 633. The largest absolute Gasteiger partial charge is 0.389 e. The summed E-state index contributed by atoms with van der Waals surface area (Å²) in [5.74, 6) is 0.521. The molecule has 1 unspecified atom stereocenters. The number of hydrogen-bond acceptors (Lipinski definition) is 3. The molecule has 20 heavy (non-hydrogen) atoms. The van der Waals surface area contributed by atoms with Gasteiger partial charge in [-0.3, -0.25) is 4.68 Å². The summed E-state index contributed by atoms with van der Waals surface area (Å²) in [4.78, 5) is 0.310. The molecular weight excluding hydrogens is 275 g/mol. The van der Waals surface area contributed by atoms with Crippen LogP contribution in [0.15, 0.2) is 24.3 Å². The van der Waals surface area contributed by atoms with Gasteiger partial charge < -0.3 is 11.1 Å². The standard InChI is InChI=1S/C14H17FN4S/c1-8(10-4-6-11(15)7-5-10)17-14-12(13(16)20)9(2)18-19(14)3/h4-8,17H,1-3H3,(H2,16,20). The smallest absolute Gasteiger partial charge is 0.135 e. The Balaban J connectivity index is 2.30. The van der Waals surface area contributed by atoms with Crippen LogP contribution < -0.4 is 11.1 Å². The van der Waals surface area contributed by atoms with Gasteiger partial charge in [0.15, 0.2) is 0 Å². The summed E-state index contributed by atoms with van der Waals surface area (Å²) in [6, 6.07) is 6.36. The molecule has 1 heterocycles. The molecule has 6 heteroatoms. The third-order valence-corrected chi connectivity index (χ3v) is 3.40. The predicted molar refractivity (Wildman–Crippen MR) is 82.3 cm³/mol. The van der Waals surface area contributed by atoms with Crippen molar-refractivity contribution in [3.8, 4) is 0 Å². The summed E-state index contributed by atoms with van der Waals surface area (Å²) in [7, 11) is 1.83. The molecular formula is C14H17FN4S. The van der Waals surface area contributed by atoms with Crippen molar-refractivity contribution in [1.82, 2.24) is 9.78 Å². The molecule has 2 rings (SSSR count). The Labute approximate surface area is 122 Å². The van der Waals surface area contributed by atoms with Crippen LogP contribution in [0.4, 0.5) is 10.2 Å². The average molecular weight is 292 g/mol. The quantitative estimate of drug-likeness (QED) is 0.851. The molecule has 0 radical (unpaired) electrons. The molecule has 0 spiro atoms. The molecule has 0 aliphatic carbocycles. The molecule has 4 nitrogen and oxygen atoms in total. The first-order valence-corrected chi connectivity index (χ1v) is 6.66. The lowest BCUT2D eigenvalue weighted by molar-refractivity contribution is 0.626. The van der Waals surface area contributed by atoms with Crippen LogP contribution in [0.25, 0.3) is 0 Å². The lowest BCUT2D eigenvalue weighted by Gasteiger charge is -2.17. The van der Waals surface area contributed by atoms with E-state index in [4.69, 9.17) is 18.0 Å². The van der Waals surface area contributed by atoms with E-state index in [2.05, 4.69) is 10.4 Å². The van der Waals surface area contributed by atoms with Gasteiger partial charge in [-0.05, 0) is 31.5 Å². The monoisotopic (exact) mass is 292 g/mol. The van der Waals surface area contributed by atoms with Crippen molar-refractivity contribution in [3.05, 3.63) is 46.9 Å². The van der Waals surface area contributed by atoms with Crippen LogP contribution in [0, 0.1) is 12.7 Å². The minimum atomic E-state index is -0.249. The number of halogens is 1. The number of rotatable bonds is 4. The number of nitrogens with zero attached hydrogens (tertiary/aromatic N) is 2. The fourth-order valence-electron chi connectivity index (χ4n) is 2.16. The molecule has 2 aromatic rings. The van der Waals surface area contributed by atoms with E-state index in [1.807, 2.05) is 20.9 Å². The zero-order valence-corrected chi connectivity index (χ0v) is 12.5. The van der Waals surface area contributed by atoms with Crippen molar-refractivity contribution in [2.45, 2.75) is 19.9 Å². The summed E-state index contributed by atoms with van der Waals surface area (Å²) in [6.45, 7) is 3.85. The molecule has 0 aliphatic rings. The van der Waals surface area contributed by atoms with Gasteiger partial charge in [-0.1, -0.05) is 24.4 Å². The lowest BCUT2D eigenvalue weighted by atomic mass is 10.1. The second-order valence-electron chi connectivity index (χ2n) is 4.71. The maximum Gasteiger partial charge on any atom is 0.135 e. The fourth-order valence-corrected chi connectivity index (χ4v) is 2.40. The Kier molecular flexibility index (Phi) is 4.04. The maximum absolute atomic E-state index is 12.9. The van der Waals surface area contributed by atoms with E-state index in [9.17, 15) is 4.39 Å². The van der Waals surface area contributed by atoms with E-state index in [-0.39, 0.29) is 11.9 Å². The van der Waals surface area contributed by atoms with Crippen LogP contribution in [-0.4, -0.2) is 14.8 Å². The van der Waals surface area contributed by atoms with Crippen molar-refractivity contribution in [2.75, 3.05) is 5.32 Å². The summed E-state index contributed by atoms with van der Waals surface area (Å²) < 4.78 is 14.7. The number of anilines is 1. The summed E-state index contributed by atoms with van der Waals surface area (Å²) in [6.07, 6.45) is 0. The minimum absolute atomic E-state index is 0.0153. The molecule has 0 saturated carbocycles. The Morgan fingerprint density at radius 1 is 1.40 bits per heavy atom. The number of nitrogens with two attached hydrogens (primary N) is 1. The third kappa shape index (κ3) is 2.80. The van der Waals surface area contributed by atoms with Gasteiger partial charge in [-0.25, -0.2) is 4.39 Å². The fraction of sp³-hybridized carbons (Fsp3) is 0.286. The van der Waals surface area contributed by atoms with Crippen molar-refractivity contribution < 1.29 is 4.39 Å². The second kappa shape index (κ2) is 5.58. The topological polar surface area (TPSA) is 55.9 Å². The molecule has 1 aromatic heterocycles. The SMILES string of the molecule is Cc1nn(C)c(NC(C)c2ccc(F)cc2)c1C(N)=S. The van der Waals surface area contributed by atoms with Crippen LogP contribution in [-0.2, 0) is 7.05 Å². The molecule has 0 saturated heterocycles. The zero-order valence-electron chi connectivity index (χ0n) is 11.6. The van der Waals surface area contributed by atoms with Crippen molar-refractivity contribution in [2.24, 2.45) is 12.8 Å². The maximum atomic E-state index is 12.9. The van der Waals surface area contributed by atoms with Gasteiger partial charge in [-0.15, -0.1) is 0 Å². The number of hydrogen-bond donors (Lipinski definition) is 2. The highest BCUT2D eigenvalue weighted by Gasteiger charge is 2.17. The summed E-state index contributed by atoms with van der Waals surface area (Å²) in [5.41, 5.74) is 8.26. The Hall–Kier alpha value is -1.95. The molecule has 0 bridgehead atoms. The predicted octanol–water partition coefficient (Wildman–Crippen LogP) is 2.67. The van der Waals surface area contributed by atoms with Gasteiger partial charge in [0.2, 0.25) is 0 Å². The highest BCUT2D eigenvalue weighted by molar-refractivity contribution is 7.80.